The highest BCUT2D eigenvalue weighted by molar-refractivity contribution is 8.00. The molecule has 0 spiro atoms. The van der Waals surface area contributed by atoms with Crippen LogP contribution in [0.15, 0.2) is 34.2 Å². The Morgan fingerprint density at radius 2 is 1.76 bits per heavy atom. The van der Waals surface area contributed by atoms with E-state index in [2.05, 4.69) is 21.5 Å². The summed E-state index contributed by atoms with van der Waals surface area (Å²) in [6, 6.07) is 7.68. The predicted octanol–water partition coefficient (Wildman–Crippen LogP) is 3.04. The van der Waals surface area contributed by atoms with E-state index in [1.165, 1.54) is 31.5 Å². The zero-order valence-corrected chi connectivity index (χ0v) is 20.7. The third-order valence-electron chi connectivity index (χ3n) is 7.08. The maximum absolute atomic E-state index is 12.9. The molecule has 3 heterocycles. The molecule has 0 saturated carbocycles. The van der Waals surface area contributed by atoms with E-state index in [1.807, 2.05) is 36.1 Å². The van der Waals surface area contributed by atoms with Crippen molar-refractivity contribution < 1.29 is 13.2 Å². The van der Waals surface area contributed by atoms with Crippen LogP contribution in [0, 0.1) is 5.92 Å². The average molecular weight is 473 g/mol. The van der Waals surface area contributed by atoms with Gasteiger partial charge < -0.3 is 15.1 Å². The number of hydrogen-bond acceptors (Lipinski definition) is 5. The van der Waals surface area contributed by atoms with Crippen LogP contribution in [0.25, 0.3) is 4.91 Å². The Morgan fingerprint density at radius 1 is 1.09 bits per heavy atom. The summed E-state index contributed by atoms with van der Waals surface area (Å²) in [7, 11) is -3.72. The molecule has 1 aromatic carbocycles. The number of aryl methyl sites for hydroxylation is 1. The first-order valence-corrected chi connectivity index (χ1v) is 13.7. The van der Waals surface area contributed by atoms with E-state index in [9.17, 15) is 13.2 Å². The van der Waals surface area contributed by atoms with E-state index in [0.29, 0.717) is 47.8 Å². The molecule has 180 valence electrons. The van der Waals surface area contributed by atoms with E-state index in [1.54, 1.807) is 0 Å². The van der Waals surface area contributed by atoms with E-state index < -0.39 is 10.0 Å². The molecule has 2 saturated heterocycles. The number of piperidine rings is 1. The molecule has 0 radical (unpaired) electrons. The number of nitrogens with one attached hydrogen (secondary N) is 1. The maximum Gasteiger partial charge on any atom is 0.285 e. The van der Waals surface area contributed by atoms with Crippen molar-refractivity contribution in [2.45, 2.75) is 52.4 Å². The number of amidine groups is 1. The molecule has 0 unspecified atom stereocenters. The van der Waals surface area contributed by atoms with Crippen LogP contribution >= 0.6 is 0 Å². The molecule has 0 aliphatic carbocycles. The fourth-order valence-electron chi connectivity index (χ4n) is 5.09. The lowest BCUT2D eigenvalue weighted by Gasteiger charge is -2.33. The smallest absolute Gasteiger partial charge is 0.285 e. The lowest BCUT2D eigenvalue weighted by Crippen LogP contribution is -2.43. The zero-order valence-electron chi connectivity index (χ0n) is 19.8. The Balaban J connectivity index is 1.32. The van der Waals surface area contributed by atoms with Crippen molar-refractivity contribution in [2.24, 2.45) is 10.3 Å². The molecule has 1 N–H and O–H groups in total. The van der Waals surface area contributed by atoms with Crippen LogP contribution in [-0.2, 0) is 21.2 Å². The van der Waals surface area contributed by atoms with Crippen molar-refractivity contribution in [2.75, 3.05) is 39.3 Å². The van der Waals surface area contributed by atoms with E-state index in [-0.39, 0.29) is 11.8 Å². The summed E-state index contributed by atoms with van der Waals surface area (Å²) in [5, 5.41) is 3.10. The standard InChI is InChI=1S/C25H36N4O3S/c1-3-20-7-9-21(10-8-20)23-19(2)24(27-33(23,31)32)29-17-11-22(12-18-29)25(30)26-13-6-16-28-14-4-5-15-28/h7-10,22H,3-6,11-18H2,1-2H3,(H,26,30). The topological polar surface area (TPSA) is 82.1 Å². The first kappa shape index (κ1) is 24.0. The molecule has 8 heteroatoms. The van der Waals surface area contributed by atoms with Gasteiger partial charge in [0.15, 0.2) is 0 Å². The second-order valence-electron chi connectivity index (χ2n) is 9.35. The Morgan fingerprint density at radius 3 is 2.39 bits per heavy atom. The number of carbonyl (C=O) groups is 1. The van der Waals surface area contributed by atoms with Gasteiger partial charge in [0.1, 0.15) is 10.7 Å². The third kappa shape index (κ3) is 5.49. The van der Waals surface area contributed by atoms with Crippen molar-refractivity contribution in [1.82, 2.24) is 15.1 Å². The minimum atomic E-state index is -3.72. The van der Waals surface area contributed by atoms with Gasteiger partial charge in [-0.2, -0.15) is 8.42 Å². The molecule has 7 nitrogen and oxygen atoms in total. The summed E-state index contributed by atoms with van der Waals surface area (Å²) in [5.41, 5.74) is 2.56. The Bertz CT molecular complexity index is 1020. The largest absolute Gasteiger partial charge is 0.356 e. The molecule has 0 bridgehead atoms. The van der Waals surface area contributed by atoms with Crippen molar-refractivity contribution in [3.63, 3.8) is 0 Å². The van der Waals surface area contributed by atoms with Gasteiger partial charge in [-0.15, -0.1) is 4.40 Å². The minimum Gasteiger partial charge on any atom is -0.356 e. The van der Waals surface area contributed by atoms with Crippen LogP contribution in [0.2, 0.25) is 0 Å². The molecule has 4 rings (SSSR count). The van der Waals surface area contributed by atoms with Gasteiger partial charge in [-0.1, -0.05) is 31.2 Å². The van der Waals surface area contributed by atoms with Crippen LogP contribution in [0.5, 0.6) is 0 Å². The van der Waals surface area contributed by atoms with Gasteiger partial charge in [-0.25, -0.2) is 0 Å². The fourth-order valence-corrected chi connectivity index (χ4v) is 6.58. The van der Waals surface area contributed by atoms with Crippen molar-refractivity contribution in [1.29, 1.82) is 0 Å². The molecule has 1 amide bonds. The number of likely N-dealkylation sites (tertiary alicyclic amines) is 2. The molecule has 0 atom stereocenters. The summed E-state index contributed by atoms with van der Waals surface area (Å²) in [6.07, 6.45) is 5.91. The molecule has 3 aliphatic rings. The highest BCUT2D eigenvalue weighted by atomic mass is 32.2. The normalized spacial score (nSPS) is 21.5. The lowest BCUT2D eigenvalue weighted by molar-refractivity contribution is -0.126. The zero-order chi connectivity index (χ0) is 23.4. The number of rotatable bonds is 7. The monoisotopic (exact) mass is 472 g/mol. The Kier molecular flexibility index (Phi) is 7.54. The van der Waals surface area contributed by atoms with Gasteiger partial charge in [-0.3, -0.25) is 4.79 Å². The molecule has 3 aliphatic heterocycles. The first-order chi connectivity index (χ1) is 15.9. The summed E-state index contributed by atoms with van der Waals surface area (Å²) < 4.78 is 29.8. The second kappa shape index (κ2) is 10.4. The minimum absolute atomic E-state index is 0.0167. The molecular weight excluding hydrogens is 436 g/mol. The number of nitrogens with zero attached hydrogens (tertiary/aromatic N) is 3. The van der Waals surface area contributed by atoms with Gasteiger partial charge in [0.2, 0.25) is 5.91 Å². The molecule has 33 heavy (non-hydrogen) atoms. The van der Waals surface area contributed by atoms with Gasteiger partial charge in [0.25, 0.3) is 10.0 Å². The third-order valence-corrected chi connectivity index (χ3v) is 8.55. The van der Waals surface area contributed by atoms with Crippen molar-refractivity contribution in [3.8, 4) is 0 Å². The Labute approximate surface area is 198 Å². The van der Waals surface area contributed by atoms with Gasteiger partial charge in [-0.05, 0) is 76.2 Å². The average Bonchev–Trinajstić information content (AvgIpc) is 3.42. The van der Waals surface area contributed by atoms with Gasteiger partial charge in [0, 0.05) is 31.1 Å². The number of sulfonamides is 1. The van der Waals surface area contributed by atoms with E-state index in [4.69, 9.17) is 0 Å². The fraction of sp³-hybridized carbons (Fsp3) is 0.600. The SMILES string of the molecule is CCc1ccc(C2=C(C)C(N3CCC(C(=O)NCCCN4CCCC4)CC3)=NS2(=O)=O)cc1. The Hall–Kier alpha value is -2.19. The summed E-state index contributed by atoms with van der Waals surface area (Å²) in [6.45, 7) is 9.35. The second-order valence-corrected chi connectivity index (χ2v) is 10.9. The highest BCUT2D eigenvalue weighted by Gasteiger charge is 2.35. The first-order valence-electron chi connectivity index (χ1n) is 12.3. The molecule has 2 fully saturated rings. The molecule has 0 aromatic heterocycles. The highest BCUT2D eigenvalue weighted by Crippen LogP contribution is 2.34. The molecular formula is C25H36N4O3S. The van der Waals surface area contributed by atoms with Crippen LogP contribution < -0.4 is 5.32 Å². The number of carbonyl (C=O) groups excluding carboxylic acids is 1. The van der Waals surface area contributed by atoms with Gasteiger partial charge >= 0.3 is 0 Å². The number of hydrogen-bond donors (Lipinski definition) is 1. The predicted molar refractivity (Wildman–Crippen MR) is 132 cm³/mol. The maximum atomic E-state index is 12.9. The van der Waals surface area contributed by atoms with E-state index >= 15 is 0 Å². The quantitative estimate of drug-likeness (QED) is 0.617. The molecule has 1 aromatic rings. The van der Waals surface area contributed by atoms with Crippen LogP contribution in [-0.4, -0.2) is 69.2 Å². The summed E-state index contributed by atoms with van der Waals surface area (Å²) >= 11 is 0. The van der Waals surface area contributed by atoms with Crippen LogP contribution in [0.4, 0.5) is 0 Å². The summed E-state index contributed by atoms with van der Waals surface area (Å²) in [4.78, 5) is 17.4. The van der Waals surface area contributed by atoms with Gasteiger partial charge in [0.05, 0.1) is 0 Å². The van der Waals surface area contributed by atoms with Crippen molar-refractivity contribution in [3.05, 3.63) is 41.0 Å². The van der Waals surface area contributed by atoms with Crippen LogP contribution in [0.3, 0.4) is 0 Å². The van der Waals surface area contributed by atoms with Crippen molar-refractivity contribution >= 4 is 26.7 Å². The van der Waals surface area contributed by atoms with E-state index in [0.717, 1.165) is 25.9 Å². The number of benzene rings is 1. The summed E-state index contributed by atoms with van der Waals surface area (Å²) in [5.74, 6) is 0.645. The van der Waals surface area contributed by atoms with Crippen LogP contribution in [0.1, 0.15) is 57.1 Å². The lowest BCUT2D eigenvalue weighted by atomic mass is 9.95. The number of amides is 1.